The summed E-state index contributed by atoms with van der Waals surface area (Å²) in [6, 6.07) is 7.78. The highest BCUT2D eigenvalue weighted by molar-refractivity contribution is 9.08. The van der Waals surface area contributed by atoms with Gasteiger partial charge in [-0.3, -0.25) is 0 Å². The van der Waals surface area contributed by atoms with E-state index in [4.69, 9.17) is 0 Å². The zero-order valence-corrected chi connectivity index (χ0v) is 14.6. The fraction of sp³-hybridized carbons (Fsp3) is 0.500. The average molecular weight is 370 g/mol. The number of halogens is 1. The van der Waals surface area contributed by atoms with E-state index in [-0.39, 0.29) is 5.54 Å². The fourth-order valence-corrected chi connectivity index (χ4v) is 5.95. The summed E-state index contributed by atoms with van der Waals surface area (Å²) in [4.78, 5) is 0.491. The van der Waals surface area contributed by atoms with Crippen molar-refractivity contribution in [2.45, 2.75) is 49.9 Å². The van der Waals surface area contributed by atoms with Gasteiger partial charge in [0.15, 0.2) is 0 Å². The Bertz CT molecular complexity index is 671. The fourth-order valence-electron chi connectivity index (χ4n) is 3.55. The minimum absolute atomic E-state index is 0.333. The second kappa shape index (κ2) is 5.52. The first kappa shape index (κ1) is 15.3. The van der Waals surface area contributed by atoms with Crippen molar-refractivity contribution in [3.05, 3.63) is 41.0 Å². The van der Waals surface area contributed by atoms with Gasteiger partial charge in [-0.15, -0.1) is 0 Å². The monoisotopic (exact) mass is 369 g/mol. The largest absolute Gasteiger partial charge is 0.241 e. The Labute approximate surface area is 135 Å². The van der Waals surface area contributed by atoms with Crippen LogP contribution in [0.1, 0.15) is 50.2 Å². The molecule has 0 saturated heterocycles. The van der Waals surface area contributed by atoms with E-state index in [1.807, 2.05) is 31.2 Å². The standard InChI is InChI=1S/C16H20BrNO2S/c1-12-15(14-7-5-13(11-17)6-8-14)21(19,20)18-16(12)9-3-2-4-10-16/h5-8,18H,2-4,9-11H2,1H3. The highest BCUT2D eigenvalue weighted by Gasteiger charge is 2.47. The van der Waals surface area contributed by atoms with E-state index in [1.54, 1.807) is 0 Å². The minimum Gasteiger partial charge on any atom is -0.207 e. The van der Waals surface area contributed by atoms with Crippen LogP contribution in [0, 0.1) is 0 Å². The van der Waals surface area contributed by atoms with Crippen LogP contribution in [0.15, 0.2) is 29.8 Å². The van der Waals surface area contributed by atoms with Gasteiger partial charge in [0.1, 0.15) is 0 Å². The molecule has 1 fully saturated rings. The van der Waals surface area contributed by atoms with Crippen molar-refractivity contribution in [1.82, 2.24) is 4.72 Å². The van der Waals surface area contributed by atoms with Crippen LogP contribution in [0.5, 0.6) is 0 Å². The number of alkyl halides is 1. The number of hydrogen-bond donors (Lipinski definition) is 1. The van der Waals surface area contributed by atoms with E-state index in [2.05, 4.69) is 20.7 Å². The van der Waals surface area contributed by atoms with Crippen molar-refractivity contribution < 1.29 is 8.42 Å². The minimum atomic E-state index is -3.40. The molecule has 1 saturated carbocycles. The highest BCUT2D eigenvalue weighted by Crippen LogP contribution is 2.45. The van der Waals surface area contributed by atoms with Crippen LogP contribution in [-0.4, -0.2) is 14.0 Å². The summed E-state index contributed by atoms with van der Waals surface area (Å²) >= 11 is 3.41. The normalized spacial score (nSPS) is 23.7. The molecule has 1 aliphatic heterocycles. The molecule has 1 N–H and O–H groups in total. The zero-order valence-electron chi connectivity index (χ0n) is 12.2. The quantitative estimate of drug-likeness (QED) is 0.802. The molecular formula is C16H20BrNO2S. The van der Waals surface area contributed by atoms with Gasteiger partial charge >= 0.3 is 0 Å². The maximum Gasteiger partial charge on any atom is 0.241 e. The van der Waals surface area contributed by atoms with Crippen LogP contribution in [0.4, 0.5) is 0 Å². The SMILES string of the molecule is CC1=C(c2ccc(CBr)cc2)S(=O)(=O)NC12CCCCC2. The molecule has 5 heteroatoms. The average Bonchev–Trinajstić information content (AvgIpc) is 2.66. The molecular weight excluding hydrogens is 350 g/mol. The first-order valence-corrected chi connectivity index (χ1v) is 10.00. The summed E-state index contributed by atoms with van der Waals surface area (Å²) in [5, 5.41) is 0.778. The number of sulfonamides is 1. The van der Waals surface area contributed by atoms with E-state index >= 15 is 0 Å². The highest BCUT2D eigenvalue weighted by atomic mass is 79.9. The van der Waals surface area contributed by atoms with Crippen LogP contribution in [0.25, 0.3) is 4.91 Å². The summed E-state index contributed by atoms with van der Waals surface area (Å²) in [6.45, 7) is 1.98. The number of rotatable bonds is 2. The topological polar surface area (TPSA) is 46.2 Å². The lowest BCUT2D eigenvalue weighted by Gasteiger charge is -2.34. The summed E-state index contributed by atoms with van der Waals surface area (Å²) in [7, 11) is -3.40. The summed E-state index contributed by atoms with van der Waals surface area (Å²) in [6.07, 6.45) is 5.22. The molecule has 2 aliphatic rings. The predicted molar refractivity (Wildman–Crippen MR) is 89.5 cm³/mol. The Morgan fingerprint density at radius 3 is 2.33 bits per heavy atom. The Kier molecular flexibility index (Phi) is 4.01. The first-order valence-electron chi connectivity index (χ1n) is 7.39. The maximum absolute atomic E-state index is 12.6. The number of nitrogens with one attached hydrogen (secondary N) is 1. The van der Waals surface area contributed by atoms with E-state index in [0.717, 1.165) is 47.7 Å². The van der Waals surface area contributed by atoms with Crippen molar-refractivity contribution in [3.63, 3.8) is 0 Å². The summed E-state index contributed by atoms with van der Waals surface area (Å²) < 4.78 is 28.2. The van der Waals surface area contributed by atoms with Crippen LogP contribution < -0.4 is 4.72 Å². The molecule has 1 aromatic rings. The van der Waals surface area contributed by atoms with E-state index in [9.17, 15) is 8.42 Å². The van der Waals surface area contributed by atoms with Crippen molar-refractivity contribution >= 4 is 30.9 Å². The van der Waals surface area contributed by atoms with Gasteiger partial charge in [0.05, 0.1) is 10.4 Å². The third-order valence-corrected chi connectivity index (χ3v) is 7.12. The summed E-state index contributed by atoms with van der Waals surface area (Å²) in [5.41, 5.74) is 2.61. The molecule has 21 heavy (non-hydrogen) atoms. The third-order valence-electron chi connectivity index (χ3n) is 4.73. The van der Waals surface area contributed by atoms with Crippen molar-refractivity contribution in [3.8, 4) is 0 Å². The Morgan fingerprint density at radius 1 is 1.14 bits per heavy atom. The third kappa shape index (κ3) is 2.60. The molecule has 0 atom stereocenters. The van der Waals surface area contributed by atoms with Gasteiger partial charge in [0.25, 0.3) is 0 Å². The van der Waals surface area contributed by atoms with E-state index in [0.29, 0.717) is 4.91 Å². The number of hydrogen-bond acceptors (Lipinski definition) is 2. The molecule has 0 aromatic heterocycles. The molecule has 1 aliphatic carbocycles. The zero-order chi connectivity index (χ0) is 15.1. The molecule has 3 nitrogen and oxygen atoms in total. The van der Waals surface area contributed by atoms with Crippen molar-refractivity contribution in [1.29, 1.82) is 0 Å². The molecule has 1 heterocycles. The molecule has 114 valence electrons. The Hall–Kier alpha value is -0.650. The molecule has 1 spiro atoms. The van der Waals surface area contributed by atoms with Gasteiger partial charge in [0.2, 0.25) is 10.0 Å². The molecule has 0 radical (unpaired) electrons. The first-order chi connectivity index (χ1) is 9.98. The second-order valence-electron chi connectivity index (χ2n) is 6.03. The van der Waals surface area contributed by atoms with Crippen molar-refractivity contribution in [2.24, 2.45) is 0 Å². The van der Waals surface area contributed by atoms with E-state index < -0.39 is 10.0 Å². The van der Waals surface area contributed by atoms with Gasteiger partial charge in [-0.05, 0) is 36.5 Å². The lowest BCUT2D eigenvalue weighted by molar-refractivity contribution is 0.321. The van der Waals surface area contributed by atoms with Gasteiger partial charge in [0, 0.05) is 5.33 Å². The molecule has 0 unspecified atom stereocenters. The second-order valence-corrected chi connectivity index (χ2v) is 8.21. The van der Waals surface area contributed by atoms with Gasteiger partial charge in [-0.1, -0.05) is 59.5 Å². The summed E-state index contributed by atoms with van der Waals surface area (Å²) in [5.74, 6) is 0. The van der Waals surface area contributed by atoms with Crippen LogP contribution >= 0.6 is 15.9 Å². The van der Waals surface area contributed by atoms with Gasteiger partial charge in [-0.2, -0.15) is 0 Å². The lowest BCUT2D eigenvalue weighted by Crippen LogP contribution is -2.45. The molecule has 0 amide bonds. The lowest BCUT2D eigenvalue weighted by atomic mass is 9.77. The van der Waals surface area contributed by atoms with Crippen LogP contribution in [0.2, 0.25) is 0 Å². The molecule has 3 rings (SSSR count). The Morgan fingerprint density at radius 2 is 1.76 bits per heavy atom. The van der Waals surface area contributed by atoms with Crippen LogP contribution in [0.3, 0.4) is 0 Å². The predicted octanol–water partition coefficient (Wildman–Crippen LogP) is 3.95. The smallest absolute Gasteiger partial charge is 0.207 e. The van der Waals surface area contributed by atoms with Gasteiger partial charge < -0.3 is 0 Å². The van der Waals surface area contributed by atoms with E-state index in [1.165, 1.54) is 6.42 Å². The molecule has 0 bridgehead atoms. The number of benzene rings is 1. The Balaban J connectivity index is 2.08. The van der Waals surface area contributed by atoms with Crippen molar-refractivity contribution in [2.75, 3.05) is 0 Å². The van der Waals surface area contributed by atoms with Gasteiger partial charge in [-0.25, -0.2) is 13.1 Å². The molecule has 1 aromatic carbocycles. The van der Waals surface area contributed by atoms with Crippen LogP contribution in [-0.2, 0) is 15.4 Å². The maximum atomic E-state index is 12.6.